The molecule has 4 heteroatoms. The maximum absolute atomic E-state index is 10.5. The standard InChI is InChI=1S/C5H7NO3/c1-6-2-4(3-7)9-5(6)8/h3-4H,2H2,1H3/t4-/m1/s1. The van der Waals surface area contributed by atoms with Gasteiger partial charge in [-0.2, -0.15) is 0 Å². The Hall–Kier alpha value is -1.06. The summed E-state index contributed by atoms with van der Waals surface area (Å²) in [6, 6.07) is 0. The molecule has 0 N–H and O–H groups in total. The van der Waals surface area contributed by atoms with E-state index in [1.54, 1.807) is 7.05 Å². The van der Waals surface area contributed by atoms with Crippen molar-refractivity contribution >= 4 is 12.4 Å². The first-order chi connectivity index (χ1) is 4.24. The lowest BCUT2D eigenvalue weighted by atomic mass is 10.4. The Morgan fingerprint density at radius 2 is 2.56 bits per heavy atom. The number of hydrogen-bond donors (Lipinski definition) is 0. The molecule has 1 rings (SSSR count). The number of nitrogens with zero attached hydrogens (tertiary/aromatic N) is 1. The van der Waals surface area contributed by atoms with Crippen LogP contribution in [0.4, 0.5) is 4.79 Å². The number of carbonyl (C=O) groups excluding carboxylic acids is 2. The van der Waals surface area contributed by atoms with Crippen LogP contribution >= 0.6 is 0 Å². The predicted octanol–water partition coefficient (Wildman–Crippen LogP) is -0.364. The minimum absolute atomic E-state index is 0.377. The summed E-state index contributed by atoms with van der Waals surface area (Å²) in [7, 11) is 1.59. The van der Waals surface area contributed by atoms with Gasteiger partial charge in [0.2, 0.25) is 0 Å². The number of cyclic esters (lactones) is 1. The first-order valence-corrected chi connectivity index (χ1v) is 2.61. The maximum Gasteiger partial charge on any atom is 0.410 e. The van der Waals surface area contributed by atoms with Gasteiger partial charge in [0, 0.05) is 7.05 Å². The van der Waals surface area contributed by atoms with E-state index in [2.05, 4.69) is 4.74 Å². The van der Waals surface area contributed by atoms with Crippen LogP contribution in [0.25, 0.3) is 0 Å². The van der Waals surface area contributed by atoms with E-state index < -0.39 is 12.2 Å². The van der Waals surface area contributed by atoms with Crippen molar-refractivity contribution < 1.29 is 14.3 Å². The second-order valence-electron chi connectivity index (χ2n) is 1.94. The molecule has 0 aromatic heterocycles. The molecule has 9 heavy (non-hydrogen) atoms. The molecular formula is C5H7NO3. The number of rotatable bonds is 1. The van der Waals surface area contributed by atoms with Crippen LogP contribution in [0.1, 0.15) is 0 Å². The second kappa shape index (κ2) is 2.05. The molecule has 1 heterocycles. The molecule has 1 amide bonds. The molecule has 0 aromatic rings. The van der Waals surface area contributed by atoms with Gasteiger partial charge in [-0.1, -0.05) is 0 Å². The molecular weight excluding hydrogens is 122 g/mol. The normalized spacial score (nSPS) is 26.1. The van der Waals surface area contributed by atoms with E-state index in [-0.39, 0.29) is 0 Å². The van der Waals surface area contributed by atoms with Crippen molar-refractivity contribution in [2.45, 2.75) is 6.10 Å². The Balaban J connectivity index is 2.53. The van der Waals surface area contributed by atoms with Crippen molar-refractivity contribution in [1.82, 2.24) is 4.90 Å². The summed E-state index contributed by atoms with van der Waals surface area (Å²) in [5.74, 6) is 0. The van der Waals surface area contributed by atoms with Crippen LogP contribution in [0.15, 0.2) is 0 Å². The van der Waals surface area contributed by atoms with Crippen molar-refractivity contribution in [2.75, 3.05) is 13.6 Å². The number of likely N-dealkylation sites (N-methyl/N-ethyl adjacent to an activating group) is 1. The molecule has 4 nitrogen and oxygen atoms in total. The molecule has 0 unspecified atom stereocenters. The fraction of sp³-hybridized carbons (Fsp3) is 0.600. The van der Waals surface area contributed by atoms with Gasteiger partial charge in [0.25, 0.3) is 0 Å². The lowest BCUT2D eigenvalue weighted by Gasteiger charge is -1.99. The van der Waals surface area contributed by atoms with Crippen molar-refractivity contribution in [3.63, 3.8) is 0 Å². The van der Waals surface area contributed by atoms with E-state index >= 15 is 0 Å². The zero-order chi connectivity index (χ0) is 6.85. The highest BCUT2D eigenvalue weighted by Crippen LogP contribution is 2.05. The molecule has 1 atom stereocenters. The largest absolute Gasteiger partial charge is 0.436 e. The fourth-order valence-electron chi connectivity index (χ4n) is 0.672. The van der Waals surface area contributed by atoms with Crippen LogP contribution in [0.3, 0.4) is 0 Å². The van der Waals surface area contributed by atoms with Gasteiger partial charge in [0.1, 0.15) is 0 Å². The van der Waals surface area contributed by atoms with E-state index in [1.807, 2.05) is 0 Å². The highest BCUT2D eigenvalue weighted by atomic mass is 16.6. The summed E-state index contributed by atoms with van der Waals surface area (Å²) < 4.78 is 4.54. The summed E-state index contributed by atoms with van der Waals surface area (Å²) in [5, 5.41) is 0. The van der Waals surface area contributed by atoms with Gasteiger partial charge in [0.15, 0.2) is 12.4 Å². The van der Waals surface area contributed by atoms with Crippen LogP contribution in [-0.2, 0) is 9.53 Å². The Morgan fingerprint density at radius 3 is 2.78 bits per heavy atom. The molecule has 1 aliphatic heterocycles. The maximum atomic E-state index is 10.5. The van der Waals surface area contributed by atoms with E-state index in [9.17, 15) is 9.59 Å². The molecule has 1 saturated heterocycles. The zero-order valence-corrected chi connectivity index (χ0v) is 5.03. The quantitative estimate of drug-likeness (QED) is 0.454. The van der Waals surface area contributed by atoms with Crippen molar-refractivity contribution in [3.05, 3.63) is 0 Å². The van der Waals surface area contributed by atoms with E-state index in [4.69, 9.17) is 0 Å². The summed E-state index contributed by atoms with van der Waals surface area (Å²) >= 11 is 0. The lowest BCUT2D eigenvalue weighted by molar-refractivity contribution is -0.113. The minimum Gasteiger partial charge on any atom is -0.436 e. The topological polar surface area (TPSA) is 46.6 Å². The molecule has 0 aliphatic carbocycles. The van der Waals surface area contributed by atoms with E-state index in [0.29, 0.717) is 12.8 Å². The highest BCUT2D eigenvalue weighted by Gasteiger charge is 2.27. The van der Waals surface area contributed by atoms with Gasteiger partial charge in [-0.3, -0.25) is 4.79 Å². The summed E-state index contributed by atoms with van der Waals surface area (Å²) in [6.45, 7) is 0.377. The van der Waals surface area contributed by atoms with Crippen molar-refractivity contribution in [2.24, 2.45) is 0 Å². The molecule has 50 valence electrons. The number of hydrogen-bond acceptors (Lipinski definition) is 3. The van der Waals surface area contributed by atoms with Crippen LogP contribution in [0.2, 0.25) is 0 Å². The van der Waals surface area contributed by atoms with Gasteiger partial charge < -0.3 is 9.64 Å². The third kappa shape index (κ3) is 1.01. The SMILES string of the molecule is CN1C[C@H](C=O)OC1=O. The van der Waals surface area contributed by atoms with Crippen LogP contribution < -0.4 is 0 Å². The predicted molar refractivity (Wildman–Crippen MR) is 29.0 cm³/mol. The highest BCUT2D eigenvalue weighted by molar-refractivity contribution is 5.74. The number of ether oxygens (including phenoxy) is 1. The molecule has 0 radical (unpaired) electrons. The summed E-state index contributed by atoms with van der Waals surface area (Å²) in [6.07, 6.45) is -0.351. The third-order valence-corrected chi connectivity index (χ3v) is 1.17. The van der Waals surface area contributed by atoms with Crippen LogP contribution in [-0.4, -0.2) is 37.0 Å². The first kappa shape index (κ1) is 6.07. The van der Waals surface area contributed by atoms with Crippen molar-refractivity contribution in [3.8, 4) is 0 Å². The molecule has 0 saturated carbocycles. The molecule has 1 fully saturated rings. The summed E-state index contributed by atoms with van der Waals surface area (Å²) in [4.78, 5) is 21.8. The second-order valence-corrected chi connectivity index (χ2v) is 1.94. The molecule has 0 spiro atoms. The Morgan fingerprint density at radius 1 is 1.89 bits per heavy atom. The first-order valence-electron chi connectivity index (χ1n) is 2.61. The average molecular weight is 129 g/mol. The number of aldehydes is 1. The zero-order valence-electron chi connectivity index (χ0n) is 5.03. The van der Waals surface area contributed by atoms with Crippen LogP contribution in [0.5, 0.6) is 0 Å². The van der Waals surface area contributed by atoms with E-state index in [1.165, 1.54) is 4.90 Å². The van der Waals surface area contributed by atoms with Gasteiger partial charge in [0.05, 0.1) is 6.54 Å². The Labute approximate surface area is 52.4 Å². The average Bonchev–Trinajstić information content (AvgIpc) is 2.13. The third-order valence-electron chi connectivity index (χ3n) is 1.17. The molecule has 1 aliphatic rings. The van der Waals surface area contributed by atoms with Gasteiger partial charge in [-0.25, -0.2) is 4.79 Å². The van der Waals surface area contributed by atoms with E-state index in [0.717, 1.165) is 0 Å². The van der Waals surface area contributed by atoms with Gasteiger partial charge in [-0.15, -0.1) is 0 Å². The Kier molecular flexibility index (Phi) is 1.38. The number of amides is 1. The van der Waals surface area contributed by atoms with Gasteiger partial charge >= 0.3 is 6.09 Å². The Bertz CT molecular complexity index is 145. The monoisotopic (exact) mass is 129 g/mol. The van der Waals surface area contributed by atoms with Gasteiger partial charge in [-0.05, 0) is 0 Å². The van der Waals surface area contributed by atoms with Crippen molar-refractivity contribution in [1.29, 1.82) is 0 Å². The molecule has 0 bridgehead atoms. The fourth-order valence-corrected chi connectivity index (χ4v) is 0.672. The summed E-state index contributed by atoms with van der Waals surface area (Å²) in [5.41, 5.74) is 0. The van der Waals surface area contributed by atoms with Crippen LogP contribution in [0, 0.1) is 0 Å². The smallest absolute Gasteiger partial charge is 0.410 e. The number of carbonyl (C=O) groups is 2. The lowest BCUT2D eigenvalue weighted by Crippen LogP contribution is -2.19. The minimum atomic E-state index is -0.553. The molecule has 0 aromatic carbocycles.